The predicted molar refractivity (Wildman–Crippen MR) is 143 cm³/mol. The second-order valence-electron chi connectivity index (χ2n) is 8.82. The lowest BCUT2D eigenvalue weighted by molar-refractivity contribution is -0.120. The average molecular weight is 526 g/mol. The highest BCUT2D eigenvalue weighted by Crippen LogP contribution is 2.35. The van der Waals surface area contributed by atoms with Gasteiger partial charge < -0.3 is 10.2 Å². The summed E-state index contributed by atoms with van der Waals surface area (Å²) in [5.74, 6) is -0.491. The number of halogens is 1. The number of hydrogen-bond donors (Lipinski definition) is 2. The van der Waals surface area contributed by atoms with E-state index in [1.807, 2.05) is 32.9 Å². The number of nitrogens with zero attached hydrogens (tertiary/aromatic N) is 3. The molecule has 0 aliphatic carbocycles. The maximum atomic E-state index is 12.7. The quantitative estimate of drug-likeness (QED) is 0.395. The standard InChI is InChI=1S/C26H28ClN5O3S/c1-4-16(5-2)23(34)28-19-9-7-17(8-10-19)24(35)29-26-31-30-25(36-26)18-12-22(33)32(14-18)20-11-6-15(3)21(27)13-20/h6-11,13,16,18H,4-5,12,14H2,1-3H3,(H,28,34)(H,29,31,35). The first-order valence-electron chi connectivity index (χ1n) is 11.9. The predicted octanol–water partition coefficient (Wildman–Crippen LogP) is 5.65. The van der Waals surface area contributed by atoms with E-state index < -0.39 is 0 Å². The van der Waals surface area contributed by atoms with Gasteiger partial charge in [-0.2, -0.15) is 0 Å². The van der Waals surface area contributed by atoms with Gasteiger partial charge in [0.1, 0.15) is 5.01 Å². The van der Waals surface area contributed by atoms with E-state index in [4.69, 9.17) is 11.6 Å². The lowest BCUT2D eigenvalue weighted by Crippen LogP contribution is -2.24. The van der Waals surface area contributed by atoms with Crippen molar-refractivity contribution >= 4 is 57.2 Å². The van der Waals surface area contributed by atoms with E-state index in [9.17, 15) is 14.4 Å². The maximum absolute atomic E-state index is 12.7. The van der Waals surface area contributed by atoms with Crippen LogP contribution in [0, 0.1) is 12.8 Å². The minimum Gasteiger partial charge on any atom is -0.326 e. The molecule has 2 heterocycles. The molecule has 8 nitrogen and oxygen atoms in total. The minimum atomic E-state index is -0.325. The molecule has 36 heavy (non-hydrogen) atoms. The summed E-state index contributed by atoms with van der Waals surface area (Å²) >= 11 is 7.50. The van der Waals surface area contributed by atoms with Crippen molar-refractivity contribution in [2.45, 2.75) is 46.0 Å². The molecule has 1 fully saturated rings. The molecule has 10 heteroatoms. The highest BCUT2D eigenvalue weighted by atomic mass is 35.5. The van der Waals surface area contributed by atoms with Crippen LogP contribution in [0.2, 0.25) is 5.02 Å². The summed E-state index contributed by atoms with van der Waals surface area (Å²) in [6.45, 7) is 6.37. The van der Waals surface area contributed by atoms with Crippen LogP contribution in [-0.2, 0) is 9.59 Å². The van der Waals surface area contributed by atoms with Crippen molar-refractivity contribution in [3.05, 3.63) is 63.6 Å². The molecule has 0 bridgehead atoms. The van der Waals surface area contributed by atoms with Crippen molar-refractivity contribution < 1.29 is 14.4 Å². The van der Waals surface area contributed by atoms with Crippen LogP contribution in [0.3, 0.4) is 0 Å². The van der Waals surface area contributed by atoms with Gasteiger partial charge in [0, 0.05) is 46.8 Å². The van der Waals surface area contributed by atoms with Crippen LogP contribution in [0.1, 0.15) is 60.0 Å². The Kier molecular flexibility index (Phi) is 8.01. The Morgan fingerprint density at radius 1 is 1.11 bits per heavy atom. The van der Waals surface area contributed by atoms with E-state index in [0.29, 0.717) is 39.4 Å². The zero-order valence-electron chi connectivity index (χ0n) is 20.4. The highest BCUT2D eigenvalue weighted by Gasteiger charge is 2.34. The van der Waals surface area contributed by atoms with Gasteiger partial charge in [-0.05, 0) is 61.7 Å². The normalized spacial score (nSPS) is 15.4. The van der Waals surface area contributed by atoms with E-state index in [0.717, 1.165) is 24.1 Å². The molecule has 4 rings (SSSR count). The van der Waals surface area contributed by atoms with Crippen molar-refractivity contribution in [1.82, 2.24) is 10.2 Å². The number of benzene rings is 2. The van der Waals surface area contributed by atoms with Crippen LogP contribution in [0.4, 0.5) is 16.5 Å². The molecule has 0 radical (unpaired) electrons. The Morgan fingerprint density at radius 3 is 2.50 bits per heavy atom. The van der Waals surface area contributed by atoms with Gasteiger partial charge in [-0.15, -0.1) is 10.2 Å². The summed E-state index contributed by atoms with van der Waals surface area (Å²) in [4.78, 5) is 39.3. The molecule has 1 atom stereocenters. The summed E-state index contributed by atoms with van der Waals surface area (Å²) in [5.41, 5.74) is 2.79. The number of anilines is 3. The SMILES string of the molecule is CCC(CC)C(=O)Nc1ccc(C(=O)Nc2nnc(C3CC(=O)N(c4ccc(C)c(Cl)c4)C3)s2)cc1. The molecular weight excluding hydrogens is 498 g/mol. The van der Waals surface area contributed by atoms with Crippen molar-refractivity contribution in [3.8, 4) is 0 Å². The number of aromatic nitrogens is 2. The fourth-order valence-corrected chi connectivity index (χ4v) is 5.10. The van der Waals surface area contributed by atoms with E-state index in [-0.39, 0.29) is 29.6 Å². The molecular formula is C26H28ClN5O3S. The van der Waals surface area contributed by atoms with Crippen LogP contribution in [0.25, 0.3) is 0 Å². The van der Waals surface area contributed by atoms with E-state index in [1.165, 1.54) is 11.3 Å². The largest absolute Gasteiger partial charge is 0.326 e. The molecule has 188 valence electrons. The van der Waals surface area contributed by atoms with Crippen LogP contribution in [-0.4, -0.2) is 34.5 Å². The zero-order chi connectivity index (χ0) is 25.8. The lowest BCUT2D eigenvalue weighted by Gasteiger charge is -2.17. The van der Waals surface area contributed by atoms with Crippen molar-refractivity contribution in [3.63, 3.8) is 0 Å². The summed E-state index contributed by atoms with van der Waals surface area (Å²) in [5, 5.41) is 15.7. The third kappa shape index (κ3) is 5.74. The number of amides is 3. The topological polar surface area (TPSA) is 104 Å². The van der Waals surface area contributed by atoms with Gasteiger partial charge in [0.05, 0.1) is 0 Å². The highest BCUT2D eigenvalue weighted by molar-refractivity contribution is 7.15. The summed E-state index contributed by atoms with van der Waals surface area (Å²) in [6, 6.07) is 12.3. The van der Waals surface area contributed by atoms with Gasteiger partial charge >= 0.3 is 0 Å². The third-order valence-corrected chi connectivity index (χ3v) is 7.78. The second-order valence-corrected chi connectivity index (χ2v) is 10.2. The molecule has 3 aromatic rings. The second kappa shape index (κ2) is 11.2. The molecule has 1 saturated heterocycles. The van der Waals surface area contributed by atoms with Gasteiger partial charge in [-0.1, -0.05) is 42.9 Å². The van der Waals surface area contributed by atoms with Crippen molar-refractivity contribution in [2.75, 3.05) is 22.1 Å². The Labute approximate surface area is 219 Å². The maximum Gasteiger partial charge on any atom is 0.257 e. The van der Waals surface area contributed by atoms with E-state index in [2.05, 4.69) is 20.8 Å². The Balaban J connectivity index is 1.36. The monoisotopic (exact) mass is 525 g/mol. The average Bonchev–Trinajstić information content (AvgIpc) is 3.48. The lowest BCUT2D eigenvalue weighted by atomic mass is 10.0. The smallest absolute Gasteiger partial charge is 0.257 e. The van der Waals surface area contributed by atoms with Crippen molar-refractivity contribution in [2.24, 2.45) is 5.92 Å². The summed E-state index contributed by atoms with van der Waals surface area (Å²) < 4.78 is 0. The van der Waals surface area contributed by atoms with Gasteiger partial charge in [-0.3, -0.25) is 19.7 Å². The molecule has 2 aromatic carbocycles. The zero-order valence-corrected chi connectivity index (χ0v) is 21.9. The molecule has 1 aliphatic heterocycles. The number of aryl methyl sites for hydroxylation is 1. The summed E-state index contributed by atoms with van der Waals surface area (Å²) in [7, 11) is 0. The van der Waals surface area contributed by atoms with Gasteiger partial charge in [-0.25, -0.2) is 0 Å². The first kappa shape index (κ1) is 25.8. The fourth-order valence-electron chi connectivity index (χ4n) is 4.10. The number of nitrogens with one attached hydrogen (secondary N) is 2. The molecule has 2 N–H and O–H groups in total. The first-order chi connectivity index (χ1) is 17.3. The van der Waals surface area contributed by atoms with Gasteiger partial charge in [0.25, 0.3) is 5.91 Å². The number of carbonyl (C=O) groups excluding carboxylic acids is 3. The van der Waals surface area contributed by atoms with Crippen LogP contribution < -0.4 is 15.5 Å². The molecule has 3 amide bonds. The van der Waals surface area contributed by atoms with E-state index in [1.54, 1.807) is 35.2 Å². The Hall–Kier alpha value is -3.30. The summed E-state index contributed by atoms with van der Waals surface area (Å²) in [6.07, 6.45) is 1.87. The fraction of sp³-hybridized carbons (Fsp3) is 0.346. The van der Waals surface area contributed by atoms with Gasteiger partial charge in [0.15, 0.2) is 0 Å². The first-order valence-corrected chi connectivity index (χ1v) is 13.1. The Bertz CT molecular complexity index is 1270. The number of hydrogen-bond acceptors (Lipinski definition) is 6. The Morgan fingerprint density at radius 2 is 1.83 bits per heavy atom. The molecule has 0 saturated carbocycles. The molecule has 1 unspecified atom stereocenters. The van der Waals surface area contributed by atoms with Crippen molar-refractivity contribution in [1.29, 1.82) is 0 Å². The minimum absolute atomic E-state index is 0.00270. The third-order valence-electron chi connectivity index (χ3n) is 6.37. The van der Waals surface area contributed by atoms with Gasteiger partial charge in [0.2, 0.25) is 16.9 Å². The van der Waals surface area contributed by atoms with E-state index >= 15 is 0 Å². The van der Waals surface area contributed by atoms with Crippen LogP contribution in [0.15, 0.2) is 42.5 Å². The molecule has 1 aliphatic rings. The molecule has 0 spiro atoms. The molecule has 1 aromatic heterocycles. The number of rotatable bonds is 8. The number of carbonyl (C=O) groups is 3. The van der Waals surface area contributed by atoms with Crippen LogP contribution in [0.5, 0.6) is 0 Å². The van der Waals surface area contributed by atoms with Crippen LogP contribution >= 0.6 is 22.9 Å².